The second-order valence-corrected chi connectivity index (χ2v) is 6.77. The van der Waals surface area contributed by atoms with Crippen molar-refractivity contribution in [2.24, 2.45) is 7.05 Å². The number of anilines is 2. The Morgan fingerprint density at radius 3 is 2.69 bits per heavy atom. The molecule has 0 bridgehead atoms. The summed E-state index contributed by atoms with van der Waals surface area (Å²) >= 11 is 0. The summed E-state index contributed by atoms with van der Waals surface area (Å²) in [4.78, 5) is 25.1. The van der Waals surface area contributed by atoms with Crippen molar-refractivity contribution in [2.75, 3.05) is 17.3 Å². The predicted octanol–water partition coefficient (Wildman–Crippen LogP) is 1.78. The molecule has 1 aliphatic heterocycles. The standard InChI is InChI=1S/C18H16F3N5O3/c1-24-17(22)9-5-26(7-12(9)23-24)15-11(20)4-8-14(13(15)21)25(3-2-19)6-10(16(8)27)18(28)29/h4,6H,2-3,5,7,22H2,1H3,(H,28,29). The monoisotopic (exact) mass is 407 g/mol. The number of hydrogen-bond acceptors (Lipinski definition) is 5. The summed E-state index contributed by atoms with van der Waals surface area (Å²) < 4.78 is 45.7. The van der Waals surface area contributed by atoms with Gasteiger partial charge < -0.3 is 20.3 Å². The van der Waals surface area contributed by atoms with Crippen LogP contribution in [-0.4, -0.2) is 32.1 Å². The minimum atomic E-state index is -1.56. The fraction of sp³-hybridized carbons (Fsp3) is 0.278. The lowest BCUT2D eigenvalue weighted by molar-refractivity contribution is 0.0694. The van der Waals surface area contributed by atoms with E-state index in [-0.39, 0.29) is 18.6 Å². The van der Waals surface area contributed by atoms with Crippen molar-refractivity contribution in [1.29, 1.82) is 0 Å². The molecule has 0 unspecified atom stereocenters. The van der Waals surface area contributed by atoms with Crippen LogP contribution in [-0.2, 0) is 26.7 Å². The van der Waals surface area contributed by atoms with Crippen LogP contribution in [0.2, 0.25) is 0 Å². The lowest BCUT2D eigenvalue weighted by Gasteiger charge is -2.22. The average molecular weight is 407 g/mol. The molecule has 29 heavy (non-hydrogen) atoms. The number of halogens is 3. The van der Waals surface area contributed by atoms with Crippen molar-refractivity contribution in [1.82, 2.24) is 14.3 Å². The molecule has 0 fully saturated rings. The number of fused-ring (bicyclic) bond motifs is 2. The number of nitrogens with two attached hydrogens (primary N) is 1. The minimum Gasteiger partial charge on any atom is -0.477 e. The molecule has 0 amide bonds. The highest BCUT2D eigenvalue weighted by Gasteiger charge is 2.31. The van der Waals surface area contributed by atoms with Gasteiger partial charge in [0.05, 0.1) is 29.7 Å². The van der Waals surface area contributed by atoms with Gasteiger partial charge in [0.25, 0.3) is 0 Å². The first kappa shape index (κ1) is 18.8. The van der Waals surface area contributed by atoms with Crippen molar-refractivity contribution < 1.29 is 23.1 Å². The molecule has 0 radical (unpaired) electrons. The molecule has 1 aliphatic rings. The fourth-order valence-corrected chi connectivity index (χ4v) is 3.71. The molecule has 8 nitrogen and oxygen atoms in total. The zero-order valence-electron chi connectivity index (χ0n) is 15.2. The van der Waals surface area contributed by atoms with Gasteiger partial charge in [-0.2, -0.15) is 5.10 Å². The van der Waals surface area contributed by atoms with Gasteiger partial charge >= 0.3 is 5.97 Å². The molecule has 0 saturated carbocycles. The van der Waals surface area contributed by atoms with Crippen LogP contribution in [0, 0.1) is 11.6 Å². The van der Waals surface area contributed by atoms with Gasteiger partial charge in [0.2, 0.25) is 5.43 Å². The topological polar surface area (TPSA) is 106 Å². The summed E-state index contributed by atoms with van der Waals surface area (Å²) in [5.74, 6) is -3.29. The lowest BCUT2D eigenvalue weighted by Crippen LogP contribution is -2.23. The molecular formula is C18H16F3N5O3. The third-order valence-corrected chi connectivity index (χ3v) is 5.07. The second-order valence-electron chi connectivity index (χ2n) is 6.77. The third kappa shape index (κ3) is 2.72. The van der Waals surface area contributed by atoms with E-state index >= 15 is 4.39 Å². The number of aromatic nitrogens is 3. The van der Waals surface area contributed by atoms with Gasteiger partial charge in [-0.05, 0) is 6.07 Å². The fourth-order valence-electron chi connectivity index (χ4n) is 3.71. The van der Waals surface area contributed by atoms with Gasteiger partial charge in [-0.1, -0.05) is 0 Å². The number of aryl methyl sites for hydroxylation is 2. The third-order valence-electron chi connectivity index (χ3n) is 5.07. The summed E-state index contributed by atoms with van der Waals surface area (Å²) in [6.07, 6.45) is 0.871. The van der Waals surface area contributed by atoms with E-state index in [1.165, 1.54) is 9.58 Å². The van der Waals surface area contributed by atoms with E-state index in [2.05, 4.69) is 5.10 Å². The Bertz CT molecular complexity index is 1230. The lowest BCUT2D eigenvalue weighted by atomic mass is 10.1. The Morgan fingerprint density at radius 1 is 1.34 bits per heavy atom. The van der Waals surface area contributed by atoms with Crippen LogP contribution >= 0.6 is 0 Å². The maximum absolute atomic E-state index is 15.4. The van der Waals surface area contributed by atoms with Gasteiger partial charge in [-0.15, -0.1) is 0 Å². The Morgan fingerprint density at radius 2 is 2.07 bits per heavy atom. The zero-order valence-corrected chi connectivity index (χ0v) is 15.2. The number of carboxylic acids is 1. The number of nitrogen functional groups attached to an aromatic ring is 1. The number of alkyl halides is 1. The number of rotatable bonds is 4. The number of benzene rings is 1. The van der Waals surface area contributed by atoms with Crippen LogP contribution < -0.4 is 16.1 Å². The number of aromatic carboxylic acids is 1. The smallest absolute Gasteiger partial charge is 0.341 e. The molecule has 0 aliphatic carbocycles. The zero-order chi connectivity index (χ0) is 21.0. The Kier molecular flexibility index (Phi) is 4.25. The van der Waals surface area contributed by atoms with E-state index in [1.54, 1.807) is 7.05 Å². The molecule has 4 rings (SSSR count). The molecule has 2 aromatic heterocycles. The van der Waals surface area contributed by atoms with E-state index in [4.69, 9.17) is 5.73 Å². The molecule has 11 heteroatoms. The van der Waals surface area contributed by atoms with Crippen molar-refractivity contribution in [3.8, 4) is 0 Å². The van der Waals surface area contributed by atoms with E-state index in [9.17, 15) is 23.5 Å². The molecule has 0 atom stereocenters. The molecule has 1 aromatic carbocycles. The first-order valence-corrected chi connectivity index (χ1v) is 8.64. The Hall–Kier alpha value is -3.50. The molecule has 3 N–H and O–H groups in total. The van der Waals surface area contributed by atoms with E-state index in [0.29, 0.717) is 17.1 Å². The van der Waals surface area contributed by atoms with Gasteiger partial charge in [-0.25, -0.2) is 18.0 Å². The van der Waals surface area contributed by atoms with Crippen molar-refractivity contribution in [2.45, 2.75) is 19.6 Å². The van der Waals surface area contributed by atoms with E-state index in [0.717, 1.165) is 16.8 Å². The molecule has 0 saturated heterocycles. The van der Waals surface area contributed by atoms with Crippen molar-refractivity contribution >= 4 is 28.4 Å². The highest BCUT2D eigenvalue weighted by atomic mass is 19.1. The van der Waals surface area contributed by atoms with E-state index in [1.807, 2.05) is 0 Å². The Balaban J connectivity index is 1.93. The molecule has 3 aromatic rings. The Labute approximate surface area is 161 Å². The molecule has 0 spiro atoms. The average Bonchev–Trinajstić information content (AvgIpc) is 3.16. The largest absolute Gasteiger partial charge is 0.477 e. The normalized spacial score (nSPS) is 13.3. The molecular weight excluding hydrogens is 391 g/mol. The maximum atomic E-state index is 15.4. The van der Waals surface area contributed by atoms with Crippen LogP contribution in [0.1, 0.15) is 21.6 Å². The summed E-state index contributed by atoms with van der Waals surface area (Å²) in [5.41, 5.74) is 4.66. The minimum absolute atomic E-state index is 0.0975. The number of pyridine rings is 1. The first-order valence-electron chi connectivity index (χ1n) is 8.64. The van der Waals surface area contributed by atoms with Gasteiger partial charge in [0, 0.05) is 25.4 Å². The number of hydrogen-bond donors (Lipinski definition) is 2. The van der Waals surface area contributed by atoms with Crippen LogP contribution in [0.15, 0.2) is 17.1 Å². The van der Waals surface area contributed by atoms with Crippen LogP contribution in [0.3, 0.4) is 0 Å². The second kappa shape index (κ2) is 6.54. The predicted molar refractivity (Wildman–Crippen MR) is 98.6 cm³/mol. The highest BCUT2D eigenvalue weighted by molar-refractivity contribution is 5.94. The van der Waals surface area contributed by atoms with Gasteiger partial charge in [-0.3, -0.25) is 9.48 Å². The van der Waals surface area contributed by atoms with E-state index < -0.39 is 52.9 Å². The van der Waals surface area contributed by atoms with Gasteiger partial charge in [0.1, 0.15) is 29.6 Å². The summed E-state index contributed by atoms with van der Waals surface area (Å²) in [6.45, 7) is -1.12. The number of carboxylic acid groups (broad SMARTS) is 1. The quantitative estimate of drug-likeness (QED) is 0.683. The molecule has 152 valence electrons. The van der Waals surface area contributed by atoms with Crippen LogP contribution in [0.25, 0.3) is 10.9 Å². The maximum Gasteiger partial charge on any atom is 0.341 e. The summed E-state index contributed by atoms with van der Waals surface area (Å²) in [6, 6.07) is 0.789. The SMILES string of the molecule is Cn1nc2c(c1N)CN(c1c(F)cc3c(=O)c(C(=O)O)cn(CCF)c3c1F)C2. The number of nitrogens with zero attached hydrogens (tertiary/aromatic N) is 4. The highest BCUT2D eigenvalue weighted by Crippen LogP contribution is 2.36. The van der Waals surface area contributed by atoms with Crippen LogP contribution in [0.5, 0.6) is 0 Å². The number of carbonyl (C=O) groups is 1. The molecule has 3 heterocycles. The van der Waals surface area contributed by atoms with Crippen molar-refractivity contribution in [3.05, 3.63) is 50.9 Å². The van der Waals surface area contributed by atoms with Crippen molar-refractivity contribution in [3.63, 3.8) is 0 Å². The first-order chi connectivity index (χ1) is 13.7. The summed E-state index contributed by atoms with van der Waals surface area (Å²) in [7, 11) is 1.66. The van der Waals surface area contributed by atoms with Gasteiger partial charge in [0.15, 0.2) is 5.82 Å². The van der Waals surface area contributed by atoms with Crippen LogP contribution in [0.4, 0.5) is 24.7 Å². The summed E-state index contributed by atoms with van der Waals surface area (Å²) in [5, 5.41) is 12.9.